The van der Waals surface area contributed by atoms with Crippen LogP contribution in [0.2, 0.25) is 0 Å². The summed E-state index contributed by atoms with van der Waals surface area (Å²) in [5, 5.41) is 65.1. The van der Waals surface area contributed by atoms with Gasteiger partial charge in [0.2, 0.25) is 5.91 Å². The SMILES string of the molecule is CCCCCCCCCCCCCC/C=C\CCCCCCCCCCCCCC(O)C(=O)NC(COC1OC(CO)C(O)C(O)C1O)C(O)CCCCCCCCCCCCCCC. The molecule has 1 aliphatic rings. The Morgan fingerprint density at radius 1 is 0.508 bits per heavy atom. The van der Waals surface area contributed by atoms with E-state index in [2.05, 4.69) is 31.3 Å². The zero-order valence-corrected chi connectivity index (χ0v) is 42.4. The zero-order valence-electron chi connectivity index (χ0n) is 42.4. The Morgan fingerprint density at radius 2 is 0.862 bits per heavy atom. The molecule has 0 aliphatic carbocycles. The Kier molecular flexibility index (Phi) is 43.2. The Morgan fingerprint density at radius 3 is 1.25 bits per heavy atom. The molecule has 10 heteroatoms. The Labute approximate surface area is 399 Å². The van der Waals surface area contributed by atoms with Gasteiger partial charge < -0.3 is 45.4 Å². The Balaban J connectivity index is 2.20. The molecule has 1 heterocycles. The lowest BCUT2D eigenvalue weighted by Gasteiger charge is -2.40. The van der Waals surface area contributed by atoms with Gasteiger partial charge in [0, 0.05) is 0 Å². The van der Waals surface area contributed by atoms with Crippen molar-refractivity contribution in [2.75, 3.05) is 13.2 Å². The predicted molar refractivity (Wildman–Crippen MR) is 269 cm³/mol. The van der Waals surface area contributed by atoms with Crippen LogP contribution in [0.25, 0.3) is 0 Å². The van der Waals surface area contributed by atoms with Gasteiger partial charge in [0.1, 0.15) is 30.5 Å². The first-order valence-electron chi connectivity index (χ1n) is 28.0. The summed E-state index contributed by atoms with van der Waals surface area (Å²) in [5.74, 6) is -0.581. The highest BCUT2D eigenvalue weighted by molar-refractivity contribution is 5.80. The second-order valence-electron chi connectivity index (χ2n) is 19.9. The smallest absolute Gasteiger partial charge is 0.249 e. The number of nitrogens with one attached hydrogen (secondary N) is 1. The van der Waals surface area contributed by atoms with Crippen LogP contribution < -0.4 is 5.32 Å². The molecule has 0 aromatic heterocycles. The second kappa shape index (κ2) is 45.3. The highest BCUT2D eigenvalue weighted by Gasteiger charge is 2.44. The van der Waals surface area contributed by atoms with Crippen molar-refractivity contribution in [3.05, 3.63) is 12.2 Å². The van der Waals surface area contributed by atoms with E-state index in [0.717, 1.165) is 51.4 Å². The van der Waals surface area contributed by atoms with Crippen LogP contribution in [0.15, 0.2) is 12.2 Å². The molecule has 7 N–H and O–H groups in total. The number of hydrogen-bond donors (Lipinski definition) is 7. The molecule has 0 spiro atoms. The predicted octanol–water partition coefficient (Wildman–Crippen LogP) is 12.2. The van der Waals surface area contributed by atoms with E-state index in [1.807, 2.05) is 0 Å². The third kappa shape index (κ3) is 34.8. The molecule has 1 rings (SSSR count). The first kappa shape index (κ1) is 61.9. The van der Waals surface area contributed by atoms with Gasteiger partial charge in [-0.3, -0.25) is 4.79 Å². The molecule has 8 unspecified atom stereocenters. The van der Waals surface area contributed by atoms with Crippen LogP contribution in [0.1, 0.15) is 271 Å². The van der Waals surface area contributed by atoms with E-state index in [9.17, 15) is 35.4 Å². The van der Waals surface area contributed by atoms with Gasteiger partial charge in [0.25, 0.3) is 0 Å². The number of rotatable bonds is 48. The van der Waals surface area contributed by atoms with Crippen LogP contribution in [0.3, 0.4) is 0 Å². The maximum absolute atomic E-state index is 13.1. The first-order chi connectivity index (χ1) is 31.8. The summed E-state index contributed by atoms with van der Waals surface area (Å²) in [5.41, 5.74) is 0. The fourth-order valence-electron chi connectivity index (χ4n) is 9.16. The molecule has 0 aromatic rings. The third-order valence-electron chi connectivity index (χ3n) is 13.7. The molecule has 0 radical (unpaired) electrons. The highest BCUT2D eigenvalue weighted by atomic mass is 16.7. The summed E-state index contributed by atoms with van der Waals surface area (Å²) in [6, 6.07) is -0.891. The topological polar surface area (TPSA) is 169 Å². The number of amides is 1. The standard InChI is InChI=1S/C55H107NO9/c1-3-5-7-9-11-13-15-17-18-19-20-21-22-23-24-25-26-27-28-29-30-32-34-36-38-40-42-44-49(59)54(63)56-47(46-64-55-53(62)52(61)51(60)50(45-57)65-55)48(58)43-41-39-37-35-33-31-16-14-12-10-8-6-4-2/h23-24,47-53,55,57-62H,3-22,25-46H2,1-2H3,(H,56,63)/b24-23-. The van der Waals surface area contributed by atoms with Crippen LogP contribution in [0.5, 0.6) is 0 Å². The van der Waals surface area contributed by atoms with Crippen molar-refractivity contribution in [1.82, 2.24) is 5.32 Å². The molecule has 0 aromatic carbocycles. The second-order valence-corrected chi connectivity index (χ2v) is 19.9. The maximum atomic E-state index is 13.1. The molecule has 10 nitrogen and oxygen atoms in total. The molecule has 1 fully saturated rings. The van der Waals surface area contributed by atoms with Gasteiger partial charge in [-0.25, -0.2) is 0 Å². The van der Waals surface area contributed by atoms with E-state index in [-0.39, 0.29) is 6.61 Å². The Hall–Kier alpha value is -1.11. The van der Waals surface area contributed by atoms with Crippen LogP contribution in [-0.2, 0) is 14.3 Å². The summed E-state index contributed by atoms with van der Waals surface area (Å²) in [7, 11) is 0. The van der Waals surface area contributed by atoms with Gasteiger partial charge in [-0.05, 0) is 38.5 Å². The van der Waals surface area contributed by atoms with Crippen molar-refractivity contribution >= 4 is 5.91 Å². The summed E-state index contributed by atoms with van der Waals surface area (Å²) in [6.07, 6.45) is 44.2. The number of aliphatic hydroxyl groups excluding tert-OH is 6. The molecule has 1 saturated heterocycles. The fourth-order valence-corrected chi connectivity index (χ4v) is 9.16. The lowest BCUT2D eigenvalue weighted by molar-refractivity contribution is -0.302. The number of aliphatic hydroxyl groups is 6. The molecule has 0 bridgehead atoms. The van der Waals surface area contributed by atoms with E-state index in [4.69, 9.17) is 9.47 Å². The molecular weight excluding hydrogens is 819 g/mol. The van der Waals surface area contributed by atoms with Gasteiger partial charge in [0.05, 0.1) is 25.4 Å². The van der Waals surface area contributed by atoms with Crippen molar-refractivity contribution < 1.29 is 44.9 Å². The van der Waals surface area contributed by atoms with E-state index in [1.54, 1.807) is 0 Å². The normalized spacial score (nSPS) is 20.4. The molecule has 8 atom stereocenters. The van der Waals surface area contributed by atoms with Gasteiger partial charge >= 0.3 is 0 Å². The number of hydrogen-bond acceptors (Lipinski definition) is 9. The quantitative estimate of drug-likeness (QED) is 0.0232. The molecule has 1 amide bonds. The van der Waals surface area contributed by atoms with Crippen molar-refractivity contribution in [3.8, 4) is 0 Å². The first-order valence-corrected chi connectivity index (χ1v) is 28.0. The monoisotopic (exact) mass is 926 g/mol. The molecule has 0 saturated carbocycles. The molecule has 65 heavy (non-hydrogen) atoms. The van der Waals surface area contributed by atoms with Crippen molar-refractivity contribution in [2.45, 2.75) is 320 Å². The highest BCUT2D eigenvalue weighted by Crippen LogP contribution is 2.23. The zero-order chi connectivity index (χ0) is 47.4. The minimum absolute atomic E-state index is 0.252. The minimum atomic E-state index is -1.59. The van der Waals surface area contributed by atoms with Gasteiger partial charge in [-0.1, -0.05) is 244 Å². The number of allylic oxidation sites excluding steroid dienone is 2. The van der Waals surface area contributed by atoms with Crippen molar-refractivity contribution in [2.24, 2.45) is 0 Å². The third-order valence-corrected chi connectivity index (χ3v) is 13.7. The molecule has 386 valence electrons. The van der Waals surface area contributed by atoms with Gasteiger partial charge in [-0.2, -0.15) is 0 Å². The lowest BCUT2D eigenvalue weighted by Crippen LogP contribution is -2.60. The summed E-state index contributed by atoms with van der Waals surface area (Å²) >= 11 is 0. The number of carbonyl (C=O) groups excluding carboxylic acids is 1. The van der Waals surface area contributed by atoms with E-state index in [0.29, 0.717) is 12.8 Å². The van der Waals surface area contributed by atoms with Crippen LogP contribution in [0, 0.1) is 0 Å². The van der Waals surface area contributed by atoms with Crippen LogP contribution >= 0.6 is 0 Å². The summed E-state index contributed by atoms with van der Waals surface area (Å²) < 4.78 is 11.2. The largest absolute Gasteiger partial charge is 0.394 e. The summed E-state index contributed by atoms with van der Waals surface area (Å²) in [6.45, 7) is 3.69. The Bertz CT molecular complexity index is 1050. The fraction of sp³-hybridized carbons (Fsp3) is 0.945. The lowest BCUT2D eigenvalue weighted by atomic mass is 9.99. The molecular formula is C55H107NO9. The minimum Gasteiger partial charge on any atom is -0.394 e. The number of ether oxygens (including phenoxy) is 2. The number of carbonyl (C=O) groups is 1. The van der Waals surface area contributed by atoms with Gasteiger partial charge in [-0.15, -0.1) is 0 Å². The van der Waals surface area contributed by atoms with Crippen molar-refractivity contribution in [1.29, 1.82) is 0 Å². The maximum Gasteiger partial charge on any atom is 0.249 e. The summed E-state index contributed by atoms with van der Waals surface area (Å²) in [4.78, 5) is 13.1. The van der Waals surface area contributed by atoms with E-state index < -0.39 is 61.5 Å². The number of unbranched alkanes of at least 4 members (excludes halogenated alkanes) is 35. The van der Waals surface area contributed by atoms with Crippen molar-refractivity contribution in [3.63, 3.8) is 0 Å². The van der Waals surface area contributed by atoms with Crippen LogP contribution in [0.4, 0.5) is 0 Å². The molecule has 1 aliphatic heterocycles. The van der Waals surface area contributed by atoms with Crippen LogP contribution in [-0.4, -0.2) is 98.7 Å². The average Bonchev–Trinajstić information content (AvgIpc) is 3.31. The van der Waals surface area contributed by atoms with E-state index >= 15 is 0 Å². The van der Waals surface area contributed by atoms with Gasteiger partial charge in [0.15, 0.2) is 6.29 Å². The average molecular weight is 926 g/mol. The van der Waals surface area contributed by atoms with E-state index in [1.165, 1.54) is 193 Å².